The Morgan fingerprint density at radius 2 is 1.95 bits per heavy atom. The summed E-state index contributed by atoms with van der Waals surface area (Å²) in [6.07, 6.45) is -1.24. The molecule has 37 heavy (non-hydrogen) atoms. The van der Waals surface area contributed by atoms with Crippen LogP contribution in [0.5, 0.6) is 0 Å². The molecule has 206 valence electrons. The van der Waals surface area contributed by atoms with Crippen LogP contribution in [0.4, 0.5) is 0 Å². The number of hydrogen-bond acceptors (Lipinski definition) is 12. The second kappa shape index (κ2) is 13.3. The predicted octanol–water partition coefficient (Wildman–Crippen LogP) is 1.71. The number of aliphatic hydroxyl groups excluding tert-OH is 1. The summed E-state index contributed by atoms with van der Waals surface area (Å²) in [4.78, 5) is 62.9. The molecule has 0 spiro atoms. The van der Waals surface area contributed by atoms with Crippen molar-refractivity contribution in [1.82, 2.24) is 10.2 Å². The van der Waals surface area contributed by atoms with E-state index in [2.05, 4.69) is 26.4 Å². The van der Waals surface area contributed by atoms with E-state index in [1.807, 2.05) is 0 Å². The zero-order chi connectivity index (χ0) is 27.9. The molecule has 0 saturated carbocycles. The number of carbonyl (C=O) groups is 4. The van der Waals surface area contributed by atoms with Crippen LogP contribution in [0.2, 0.25) is 0 Å². The molecule has 0 aromatic carbocycles. The van der Waals surface area contributed by atoms with Crippen LogP contribution >= 0.6 is 27.7 Å². The first-order valence-corrected chi connectivity index (χ1v) is 13.3. The molecule has 15 heteroatoms. The summed E-state index contributed by atoms with van der Waals surface area (Å²) in [6, 6.07) is -1.09. The van der Waals surface area contributed by atoms with Gasteiger partial charge in [-0.05, 0) is 31.5 Å². The number of carbonyl (C=O) groups excluding carboxylic acids is 4. The van der Waals surface area contributed by atoms with Crippen molar-refractivity contribution in [2.24, 2.45) is 10.6 Å². The van der Waals surface area contributed by atoms with Crippen LogP contribution < -0.4 is 5.32 Å². The number of thioether (sulfide) groups is 1. The highest BCUT2D eigenvalue weighted by molar-refractivity contribution is 9.09. The molecule has 2 N–H and O–H groups in total. The number of halogens is 1. The molecule has 2 aliphatic heterocycles. The normalized spacial score (nSPS) is 20.8. The summed E-state index contributed by atoms with van der Waals surface area (Å²) in [5.74, 6) is -3.50. The number of aliphatic hydroxyl groups is 1. The van der Waals surface area contributed by atoms with Crippen LogP contribution in [0.3, 0.4) is 0 Å². The van der Waals surface area contributed by atoms with Gasteiger partial charge in [0.2, 0.25) is 12.0 Å². The second-order valence-corrected chi connectivity index (χ2v) is 10.7. The first-order valence-electron chi connectivity index (χ1n) is 11.1. The van der Waals surface area contributed by atoms with Crippen molar-refractivity contribution in [1.29, 1.82) is 0 Å². The summed E-state index contributed by atoms with van der Waals surface area (Å²) < 4.78 is 21.0. The van der Waals surface area contributed by atoms with Gasteiger partial charge in [-0.2, -0.15) is 0 Å². The maximum absolute atomic E-state index is 13.1. The Kier molecular flexibility index (Phi) is 11.1. The third kappa shape index (κ3) is 7.52. The lowest BCUT2D eigenvalue weighted by Gasteiger charge is -2.49. The molecule has 0 aliphatic carbocycles. The van der Waals surface area contributed by atoms with E-state index in [4.69, 9.17) is 18.9 Å². The molecular formula is C22H30BrN3O10S. The number of amides is 2. The fourth-order valence-electron chi connectivity index (χ4n) is 3.18. The van der Waals surface area contributed by atoms with E-state index in [-0.39, 0.29) is 30.0 Å². The van der Waals surface area contributed by atoms with Crippen molar-refractivity contribution in [3.63, 3.8) is 0 Å². The van der Waals surface area contributed by atoms with Gasteiger partial charge in [0.05, 0.1) is 30.6 Å². The van der Waals surface area contributed by atoms with Crippen LogP contribution in [-0.2, 0) is 38.1 Å². The average molecular weight is 608 g/mol. The van der Waals surface area contributed by atoms with Crippen LogP contribution in [-0.4, -0.2) is 89.5 Å². The molecule has 2 rings (SSSR count). The Balaban J connectivity index is 2.24. The zero-order valence-electron chi connectivity index (χ0n) is 21.1. The first-order chi connectivity index (χ1) is 17.4. The van der Waals surface area contributed by atoms with E-state index in [0.29, 0.717) is 12.2 Å². The number of nitrogens with zero attached hydrogens (tertiary/aromatic N) is 2. The molecule has 0 aromatic rings. The Morgan fingerprint density at radius 3 is 2.51 bits per heavy atom. The lowest BCUT2D eigenvalue weighted by molar-refractivity contribution is -0.190. The second-order valence-electron chi connectivity index (χ2n) is 9.01. The topological polar surface area (TPSA) is 170 Å². The van der Waals surface area contributed by atoms with Crippen LogP contribution in [0, 0.1) is 10.3 Å². The molecule has 2 heterocycles. The van der Waals surface area contributed by atoms with Gasteiger partial charge < -0.3 is 29.4 Å². The number of fused-ring (bicyclic) bond motifs is 1. The Morgan fingerprint density at radius 1 is 1.27 bits per heavy atom. The highest BCUT2D eigenvalue weighted by atomic mass is 79.9. The molecule has 0 radical (unpaired) electrons. The van der Waals surface area contributed by atoms with Gasteiger partial charge >= 0.3 is 11.9 Å². The summed E-state index contributed by atoms with van der Waals surface area (Å²) in [5.41, 5.74) is -1.20. The van der Waals surface area contributed by atoms with Crippen molar-refractivity contribution < 1.29 is 43.2 Å². The Bertz CT molecular complexity index is 994. The number of rotatable bonds is 12. The number of esters is 2. The molecule has 0 bridgehead atoms. The van der Waals surface area contributed by atoms with Gasteiger partial charge in [0.15, 0.2) is 0 Å². The molecule has 1 fully saturated rings. The van der Waals surface area contributed by atoms with Crippen molar-refractivity contribution in [3.8, 4) is 0 Å². The third-order valence-corrected chi connectivity index (χ3v) is 6.97. The standard InChI is InChI=1S/C22H30BrN3O10S/c1-11(36-21(31)22(2,3)4)35-20(30)16-12(9-34-7-6-33-5)10-37-19-15(18(29)26(16)19)24-17(28)14(25-32)13(27)8-23/h11,15,19,27H,6-10H2,1-5H3,(H,24,28)/t11?,15?,19-/m0/s1. The van der Waals surface area contributed by atoms with Crippen molar-refractivity contribution >= 4 is 51.4 Å². The molecule has 3 atom stereocenters. The van der Waals surface area contributed by atoms with E-state index in [0.717, 1.165) is 4.90 Å². The lowest BCUT2D eigenvalue weighted by Crippen LogP contribution is -2.70. The largest absolute Gasteiger partial charge is 0.509 e. The minimum atomic E-state index is -1.24. The average Bonchev–Trinajstić information content (AvgIpc) is 2.84. The molecule has 2 unspecified atom stereocenters. The van der Waals surface area contributed by atoms with E-state index in [9.17, 15) is 29.2 Å². The Labute approximate surface area is 226 Å². The minimum Gasteiger partial charge on any atom is -0.509 e. The molecule has 13 nitrogen and oxygen atoms in total. The van der Waals surface area contributed by atoms with Crippen molar-refractivity contribution in [2.45, 2.75) is 45.4 Å². The number of methoxy groups -OCH3 is 1. The fourth-order valence-corrected chi connectivity index (χ4v) is 4.77. The summed E-state index contributed by atoms with van der Waals surface area (Å²) >= 11 is 4.18. The van der Waals surface area contributed by atoms with E-state index in [1.165, 1.54) is 25.8 Å². The number of nitrogens with one attached hydrogen (secondary N) is 1. The maximum atomic E-state index is 13.1. The third-order valence-electron chi connectivity index (χ3n) is 5.10. The maximum Gasteiger partial charge on any atom is 0.358 e. The van der Waals surface area contributed by atoms with Crippen molar-refractivity contribution in [3.05, 3.63) is 27.6 Å². The van der Waals surface area contributed by atoms with Gasteiger partial charge in [0.1, 0.15) is 22.9 Å². The number of β-lactam (4-membered cyclic amide) rings is 1. The van der Waals surface area contributed by atoms with Gasteiger partial charge in [-0.25, -0.2) is 4.79 Å². The molecular weight excluding hydrogens is 578 g/mol. The molecule has 2 amide bonds. The van der Waals surface area contributed by atoms with Gasteiger partial charge in [-0.1, -0.05) is 15.9 Å². The van der Waals surface area contributed by atoms with E-state index < -0.39 is 58.3 Å². The van der Waals surface area contributed by atoms with E-state index >= 15 is 0 Å². The highest BCUT2D eigenvalue weighted by Crippen LogP contribution is 2.41. The predicted molar refractivity (Wildman–Crippen MR) is 135 cm³/mol. The van der Waals surface area contributed by atoms with Gasteiger partial charge in [0.25, 0.3) is 11.8 Å². The van der Waals surface area contributed by atoms with Crippen LogP contribution in [0.15, 0.2) is 27.9 Å². The number of allylic oxidation sites excluding steroid dienone is 1. The molecule has 2 aliphatic rings. The SMILES string of the molecule is COCCOCC1=C(C(=O)OC(C)OC(=O)C(C)(C)C)N2C(=O)C(NC(=O)C(N=O)=C(O)CBr)[C@@H]2SC1. The van der Waals surface area contributed by atoms with Crippen LogP contribution in [0.25, 0.3) is 0 Å². The summed E-state index contributed by atoms with van der Waals surface area (Å²) in [7, 11) is 1.51. The zero-order valence-corrected chi connectivity index (χ0v) is 23.5. The van der Waals surface area contributed by atoms with Gasteiger partial charge in [0, 0.05) is 19.8 Å². The number of ether oxygens (including phenoxy) is 4. The van der Waals surface area contributed by atoms with Crippen LogP contribution in [0.1, 0.15) is 27.7 Å². The van der Waals surface area contributed by atoms with Crippen molar-refractivity contribution in [2.75, 3.05) is 38.0 Å². The fraction of sp³-hybridized carbons (Fsp3) is 0.636. The lowest BCUT2D eigenvalue weighted by atomic mass is 9.97. The molecule has 1 saturated heterocycles. The quantitative estimate of drug-likeness (QED) is 0.0483. The summed E-state index contributed by atoms with van der Waals surface area (Å²) in [5, 5.41) is 13.7. The monoisotopic (exact) mass is 607 g/mol. The molecule has 0 aromatic heterocycles. The van der Waals surface area contributed by atoms with E-state index in [1.54, 1.807) is 20.8 Å². The number of nitroso groups, excluding NO2 is 1. The highest BCUT2D eigenvalue weighted by Gasteiger charge is 2.55. The minimum absolute atomic E-state index is 0.00550. The van der Waals surface area contributed by atoms with Gasteiger partial charge in [-0.15, -0.1) is 16.7 Å². The first kappa shape index (κ1) is 30.7. The Hall–Kier alpha value is -2.49. The number of alkyl halides is 1. The summed E-state index contributed by atoms with van der Waals surface area (Å²) in [6.45, 7) is 6.90. The van der Waals surface area contributed by atoms with Gasteiger partial charge in [-0.3, -0.25) is 19.3 Å². The number of hydrogen-bond donors (Lipinski definition) is 2. The smallest absolute Gasteiger partial charge is 0.358 e.